The summed E-state index contributed by atoms with van der Waals surface area (Å²) >= 11 is 0. The second kappa shape index (κ2) is 19.5. The maximum absolute atomic E-state index is 7.37. The van der Waals surface area contributed by atoms with Crippen LogP contribution in [0.1, 0.15) is 136 Å². The van der Waals surface area contributed by atoms with Crippen LogP contribution in [0, 0.1) is 0 Å². The van der Waals surface area contributed by atoms with Gasteiger partial charge in [-0.15, -0.1) is 0 Å². The zero-order chi connectivity index (χ0) is 61.1. The lowest BCUT2D eigenvalue weighted by Gasteiger charge is -2.46. The van der Waals surface area contributed by atoms with Crippen molar-refractivity contribution in [2.45, 2.75) is 131 Å². The van der Waals surface area contributed by atoms with Crippen molar-refractivity contribution in [2.24, 2.45) is 0 Å². The summed E-state index contributed by atoms with van der Waals surface area (Å²) in [5, 5.41) is 3.29. The van der Waals surface area contributed by atoms with Crippen molar-refractivity contribution < 1.29 is 8.83 Å². The van der Waals surface area contributed by atoms with E-state index >= 15 is 0 Å². The van der Waals surface area contributed by atoms with Crippen molar-refractivity contribution in [3.8, 4) is 33.4 Å². The Labute approximate surface area is 520 Å². The number of furan rings is 2. The number of anilines is 7. The SMILES string of the molecule is CC(C)(C)c1ccc(N2B3c4cc5occc5cc4N(Cc4ccc(C(C)(C)C)cc4-c4ccccc4)c4cc5c(oc6ccccc65)c(c43)-c3cc4c(cc32)C(C)(C)c2ccc(N(c3ccc(C(C)(C)C)cc3)c3ccc(C(C)(C)C)cc3)cc2-4)cc1. The molecule has 0 saturated carbocycles. The molecule has 0 spiro atoms. The molecule has 2 aromatic heterocycles. The summed E-state index contributed by atoms with van der Waals surface area (Å²) in [5.41, 5.74) is 29.0. The number of para-hydroxylation sites is 1. The minimum atomic E-state index is -0.342. The monoisotopic (exact) mass is 1150 g/mol. The summed E-state index contributed by atoms with van der Waals surface area (Å²) in [6.45, 7) is 32.8. The van der Waals surface area contributed by atoms with E-state index in [1.165, 1.54) is 77.8 Å². The predicted octanol–water partition coefficient (Wildman–Crippen LogP) is 21.5. The molecule has 0 bridgehead atoms. The van der Waals surface area contributed by atoms with E-state index in [1.54, 1.807) is 0 Å². The van der Waals surface area contributed by atoms with Crippen molar-refractivity contribution >= 4 is 90.5 Å². The van der Waals surface area contributed by atoms with E-state index in [2.05, 4.69) is 312 Å². The van der Waals surface area contributed by atoms with Crippen LogP contribution in [-0.2, 0) is 33.6 Å². The van der Waals surface area contributed by atoms with Crippen molar-refractivity contribution in [1.29, 1.82) is 0 Å². The van der Waals surface area contributed by atoms with Crippen molar-refractivity contribution in [1.82, 2.24) is 0 Å². The third-order valence-corrected chi connectivity index (χ3v) is 19.6. The Morgan fingerprint density at radius 3 is 1.69 bits per heavy atom. The first-order chi connectivity index (χ1) is 41.9. The highest BCUT2D eigenvalue weighted by molar-refractivity contribution is 6.94. The van der Waals surface area contributed by atoms with E-state index in [0.29, 0.717) is 6.54 Å². The summed E-state index contributed by atoms with van der Waals surface area (Å²) in [6, 6.07) is 76.3. The number of fused-ring (bicyclic) bond motifs is 12. The molecule has 4 heterocycles. The van der Waals surface area contributed by atoms with Crippen LogP contribution >= 0.6 is 0 Å². The molecular weight excluding hydrogens is 1070 g/mol. The summed E-state index contributed by atoms with van der Waals surface area (Å²) in [6.07, 6.45) is 1.84. The Morgan fingerprint density at radius 1 is 0.455 bits per heavy atom. The maximum Gasteiger partial charge on any atom is 0.333 e. The highest BCUT2D eigenvalue weighted by Gasteiger charge is 2.49. The summed E-state index contributed by atoms with van der Waals surface area (Å²) < 4.78 is 13.8. The van der Waals surface area contributed by atoms with E-state index in [9.17, 15) is 0 Å². The van der Waals surface area contributed by atoms with Gasteiger partial charge in [-0.25, -0.2) is 0 Å². The fraction of sp³-hybridized carbons (Fsp3) is 0.244. The smallest absolute Gasteiger partial charge is 0.333 e. The Bertz CT molecular complexity index is 4710. The van der Waals surface area contributed by atoms with Gasteiger partial charge in [-0.3, -0.25) is 0 Å². The minimum absolute atomic E-state index is 0.0228. The lowest BCUT2D eigenvalue weighted by atomic mass is 9.43. The van der Waals surface area contributed by atoms with E-state index in [0.717, 1.165) is 78.2 Å². The van der Waals surface area contributed by atoms with Gasteiger partial charge in [-0.2, -0.15) is 0 Å². The topological polar surface area (TPSA) is 36.0 Å². The van der Waals surface area contributed by atoms with Gasteiger partial charge in [-0.05, 0) is 185 Å². The molecule has 0 unspecified atom stereocenters. The van der Waals surface area contributed by atoms with Crippen LogP contribution in [0.15, 0.2) is 215 Å². The Kier molecular flexibility index (Phi) is 12.3. The van der Waals surface area contributed by atoms with Crippen LogP contribution < -0.4 is 25.5 Å². The third kappa shape index (κ3) is 8.87. The normalized spacial score (nSPS) is 14.3. The van der Waals surface area contributed by atoms with Crippen molar-refractivity contribution in [3.63, 3.8) is 0 Å². The molecule has 3 aliphatic rings. The molecule has 0 amide bonds. The lowest BCUT2D eigenvalue weighted by Crippen LogP contribution is -2.62. The van der Waals surface area contributed by atoms with Gasteiger partial charge in [0.1, 0.15) is 16.7 Å². The average molecular weight is 1150 g/mol. The summed E-state index contributed by atoms with van der Waals surface area (Å²) in [7, 11) is 0. The molecule has 0 saturated heterocycles. The zero-order valence-electron chi connectivity index (χ0n) is 53.6. The second-order valence-corrected chi connectivity index (χ2v) is 29.9. The lowest BCUT2D eigenvalue weighted by molar-refractivity contribution is 0.590. The average Bonchev–Trinajstić information content (AvgIpc) is 1.66. The summed E-state index contributed by atoms with van der Waals surface area (Å²) in [4.78, 5) is 7.73. The molecule has 0 atom stereocenters. The molecule has 6 heteroatoms. The molecule has 2 aliphatic heterocycles. The van der Waals surface area contributed by atoms with Crippen molar-refractivity contribution in [3.05, 3.63) is 245 Å². The van der Waals surface area contributed by atoms with E-state index < -0.39 is 0 Å². The van der Waals surface area contributed by atoms with Gasteiger partial charge in [0.25, 0.3) is 0 Å². The highest BCUT2D eigenvalue weighted by atomic mass is 16.3. The number of hydrogen-bond acceptors (Lipinski definition) is 5. The molecule has 0 radical (unpaired) electrons. The first-order valence-corrected chi connectivity index (χ1v) is 31.6. The fourth-order valence-electron chi connectivity index (χ4n) is 14.6. The maximum atomic E-state index is 7.37. The molecule has 0 fully saturated rings. The summed E-state index contributed by atoms with van der Waals surface area (Å²) in [5.74, 6) is 0. The first kappa shape index (κ1) is 55.6. The largest absolute Gasteiger partial charge is 0.464 e. The molecule has 5 nitrogen and oxygen atoms in total. The second-order valence-electron chi connectivity index (χ2n) is 29.9. The van der Waals surface area contributed by atoms with Crippen LogP contribution in [0.3, 0.4) is 0 Å². The molecule has 12 aromatic rings. The Morgan fingerprint density at radius 2 is 1.05 bits per heavy atom. The highest BCUT2D eigenvalue weighted by Crippen LogP contribution is 2.57. The molecule has 0 N–H and O–H groups in total. The van der Waals surface area contributed by atoms with Crippen LogP contribution in [0.5, 0.6) is 0 Å². The van der Waals surface area contributed by atoms with Crippen LogP contribution in [-0.4, -0.2) is 6.85 Å². The number of nitrogens with zero attached hydrogens (tertiary/aromatic N) is 3. The fourth-order valence-corrected chi connectivity index (χ4v) is 14.6. The quantitative estimate of drug-likeness (QED) is 0.149. The predicted molar refractivity (Wildman–Crippen MR) is 374 cm³/mol. The van der Waals surface area contributed by atoms with Gasteiger partial charge in [0, 0.05) is 79.1 Å². The molecular formula is C82H78BN3O2. The van der Waals surface area contributed by atoms with Gasteiger partial charge >= 0.3 is 6.85 Å². The molecule has 1 aliphatic carbocycles. The van der Waals surface area contributed by atoms with Gasteiger partial charge in [0.05, 0.1) is 6.26 Å². The number of benzene rings is 10. The zero-order valence-corrected chi connectivity index (χ0v) is 53.6. The van der Waals surface area contributed by atoms with Crippen molar-refractivity contribution in [2.75, 3.05) is 14.6 Å². The first-order valence-electron chi connectivity index (χ1n) is 31.6. The number of hydrogen-bond donors (Lipinski definition) is 0. The van der Waals surface area contributed by atoms with Crippen LogP contribution in [0.4, 0.5) is 39.8 Å². The van der Waals surface area contributed by atoms with Crippen LogP contribution in [0.25, 0.3) is 66.3 Å². The molecule has 10 aromatic carbocycles. The van der Waals surface area contributed by atoms with E-state index in [-0.39, 0.29) is 33.9 Å². The van der Waals surface area contributed by atoms with Gasteiger partial charge < -0.3 is 23.4 Å². The molecule has 88 heavy (non-hydrogen) atoms. The van der Waals surface area contributed by atoms with E-state index in [4.69, 9.17) is 8.83 Å². The van der Waals surface area contributed by atoms with E-state index in [1.807, 2.05) is 6.26 Å². The minimum Gasteiger partial charge on any atom is -0.464 e. The number of rotatable bonds is 7. The Balaban J connectivity index is 1.01. The van der Waals surface area contributed by atoms with Gasteiger partial charge in [0.2, 0.25) is 0 Å². The van der Waals surface area contributed by atoms with Crippen LogP contribution in [0.2, 0.25) is 0 Å². The Hall–Kier alpha value is -9.00. The van der Waals surface area contributed by atoms with Gasteiger partial charge in [0.15, 0.2) is 0 Å². The molecule has 436 valence electrons. The van der Waals surface area contributed by atoms with Gasteiger partial charge in [-0.1, -0.05) is 206 Å². The standard InChI is InChI=1S/C82H78BN3O2/c1-78(2,3)53-26-32-57(33-27-53)85(58-34-28-54(29-35-58)79(4,5)6)60-38-39-67-63(44-60)64-45-66-70(47-68(64)82(67,13)14)86(59-36-30-55(31-37-59)80(7,8)9)83-69-48-74-51(40-41-87-74)42-71(69)84(72-46-65-61-22-18-19-23-73(61)88-77(65)75(66)76(72)83)49-52-24-25-56(81(10,11)12)43-62(52)50-20-16-15-17-21-50/h15-48H,49H2,1-14H3. The third-order valence-electron chi connectivity index (χ3n) is 19.6. The molecule has 15 rings (SSSR count).